The Labute approximate surface area is 68.1 Å². The molecule has 62 valence electrons. The SMILES string of the molecule is C=C1CCC2C(O)C1C2(C)C. The molecule has 1 N–H and O–H groups in total. The average Bonchev–Trinajstić information content (AvgIpc) is 1.85. The van der Waals surface area contributed by atoms with Gasteiger partial charge >= 0.3 is 0 Å². The van der Waals surface area contributed by atoms with Gasteiger partial charge in [-0.3, -0.25) is 0 Å². The molecule has 0 heterocycles. The lowest BCUT2D eigenvalue weighted by Gasteiger charge is -2.61. The fraction of sp³-hybridized carbons (Fsp3) is 0.800. The van der Waals surface area contributed by atoms with Gasteiger partial charge in [-0.05, 0) is 24.2 Å². The highest BCUT2D eigenvalue weighted by atomic mass is 16.3. The average molecular weight is 152 g/mol. The summed E-state index contributed by atoms with van der Waals surface area (Å²) < 4.78 is 0. The van der Waals surface area contributed by atoms with Crippen molar-refractivity contribution in [1.29, 1.82) is 0 Å². The Morgan fingerprint density at radius 1 is 1.55 bits per heavy atom. The first-order valence-electron chi connectivity index (χ1n) is 4.41. The number of hydrogen-bond acceptors (Lipinski definition) is 1. The van der Waals surface area contributed by atoms with E-state index in [1.807, 2.05) is 0 Å². The summed E-state index contributed by atoms with van der Waals surface area (Å²) in [5, 5.41) is 9.67. The summed E-state index contributed by atoms with van der Waals surface area (Å²) >= 11 is 0. The zero-order valence-corrected chi connectivity index (χ0v) is 7.30. The molecule has 3 unspecified atom stereocenters. The van der Waals surface area contributed by atoms with Crippen LogP contribution in [0.15, 0.2) is 12.2 Å². The van der Waals surface area contributed by atoms with E-state index in [0.717, 1.165) is 12.8 Å². The Balaban J connectivity index is 2.28. The monoisotopic (exact) mass is 152 g/mol. The molecular weight excluding hydrogens is 136 g/mol. The van der Waals surface area contributed by atoms with Crippen molar-refractivity contribution < 1.29 is 5.11 Å². The zero-order valence-electron chi connectivity index (χ0n) is 7.30. The summed E-state index contributed by atoms with van der Waals surface area (Å²) in [5.41, 5.74) is 1.60. The molecule has 1 heteroatoms. The Bertz CT molecular complexity index is 205. The summed E-state index contributed by atoms with van der Waals surface area (Å²) in [7, 11) is 0. The van der Waals surface area contributed by atoms with Crippen molar-refractivity contribution in [1.82, 2.24) is 0 Å². The fourth-order valence-corrected chi connectivity index (χ4v) is 3.03. The lowest BCUT2D eigenvalue weighted by atomic mass is 9.46. The van der Waals surface area contributed by atoms with E-state index in [-0.39, 0.29) is 6.10 Å². The van der Waals surface area contributed by atoms with Gasteiger partial charge in [-0.15, -0.1) is 0 Å². The second-order valence-corrected chi connectivity index (χ2v) is 4.59. The molecular formula is C10H16O. The van der Waals surface area contributed by atoms with Crippen molar-refractivity contribution in [2.45, 2.75) is 32.8 Å². The van der Waals surface area contributed by atoms with Crippen molar-refractivity contribution in [2.75, 3.05) is 0 Å². The van der Waals surface area contributed by atoms with Crippen LogP contribution >= 0.6 is 0 Å². The number of hydrogen-bond donors (Lipinski definition) is 1. The molecule has 3 saturated carbocycles. The summed E-state index contributed by atoms with van der Waals surface area (Å²) in [4.78, 5) is 0. The minimum absolute atomic E-state index is 0.0775. The van der Waals surface area contributed by atoms with E-state index in [1.165, 1.54) is 5.57 Å². The van der Waals surface area contributed by atoms with E-state index in [9.17, 15) is 5.11 Å². The lowest BCUT2D eigenvalue weighted by molar-refractivity contribution is -0.158. The van der Waals surface area contributed by atoms with Gasteiger partial charge in [0.2, 0.25) is 0 Å². The van der Waals surface area contributed by atoms with E-state index in [2.05, 4.69) is 20.4 Å². The smallest absolute Gasteiger partial charge is 0.0644 e. The molecule has 11 heavy (non-hydrogen) atoms. The van der Waals surface area contributed by atoms with Gasteiger partial charge in [0.15, 0.2) is 0 Å². The van der Waals surface area contributed by atoms with Crippen molar-refractivity contribution in [2.24, 2.45) is 17.3 Å². The molecule has 1 nitrogen and oxygen atoms in total. The molecule has 0 aromatic carbocycles. The van der Waals surface area contributed by atoms with Crippen LogP contribution in [-0.2, 0) is 0 Å². The minimum Gasteiger partial charge on any atom is -0.392 e. The molecule has 0 aromatic rings. The summed E-state index contributed by atoms with van der Waals surface area (Å²) in [5.74, 6) is 0.930. The van der Waals surface area contributed by atoms with Gasteiger partial charge in [0.05, 0.1) is 6.10 Å². The van der Waals surface area contributed by atoms with Crippen LogP contribution < -0.4 is 0 Å². The highest BCUT2D eigenvalue weighted by molar-refractivity contribution is 5.22. The van der Waals surface area contributed by atoms with Gasteiger partial charge in [0.1, 0.15) is 0 Å². The highest BCUT2D eigenvalue weighted by Gasteiger charge is 2.58. The van der Waals surface area contributed by atoms with E-state index >= 15 is 0 Å². The van der Waals surface area contributed by atoms with Crippen LogP contribution in [-0.4, -0.2) is 11.2 Å². The first-order chi connectivity index (χ1) is 5.05. The van der Waals surface area contributed by atoms with Gasteiger partial charge in [-0.1, -0.05) is 26.0 Å². The quantitative estimate of drug-likeness (QED) is 0.526. The topological polar surface area (TPSA) is 20.2 Å². The maximum Gasteiger partial charge on any atom is 0.0644 e. The molecule has 3 fully saturated rings. The van der Waals surface area contributed by atoms with Crippen LogP contribution in [0.25, 0.3) is 0 Å². The number of aliphatic hydroxyl groups excluding tert-OH is 1. The summed E-state index contributed by atoms with van der Waals surface area (Å²) in [6, 6.07) is 0. The molecule has 0 aliphatic heterocycles. The molecule has 3 rings (SSSR count). The Kier molecular flexibility index (Phi) is 1.26. The van der Waals surface area contributed by atoms with Gasteiger partial charge in [-0.2, -0.15) is 0 Å². The van der Waals surface area contributed by atoms with Crippen LogP contribution in [0.2, 0.25) is 0 Å². The zero-order chi connectivity index (χ0) is 8.22. The molecule has 2 bridgehead atoms. The van der Waals surface area contributed by atoms with Crippen molar-refractivity contribution in [3.63, 3.8) is 0 Å². The lowest BCUT2D eigenvalue weighted by Crippen LogP contribution is -2.60. The number of fused-ring (bicyclic) bond motifs is 2. The molecule has 3 atom stereocenters. The summed E-state index contributed by atoms with van der Waals surface area (Å²) in [6.45, 7) is 8.52. The molecule has 3 aliphatic rings. The fourth-order valence-electron chi connectivity index (χ4n) is 3.03. The third kappa shape index (κ3) is 0.698. The highest BCUT2D eigenvalue weighted by Crippen LogP contribution is 2.60. The normalized spacial score (nSPS) is 46.8. The van der Waals surface area contributed by atoms with Gasteiger partial charge in [0.25, 0.3) is 0 Å². The van der Waals surface area contributed by atoms with Gasteiger partial charge < -0.3 is 5.11 Å². The second kappa shape index (κ2) is 1.89. The van der Waals surface area contributed by atoms with E-state index in [0.29, 0.717) is 17.3 Å². The maximum absolute atomic E-state index is 9.67. The number of rotatable bonds is 0. The van der Waals surface area contributed by atoms with Crippen LogP contribution in [0.4, 0.5) is 0 Å². The molecule has 0 radical (unpaired) electrons. The van der Waals surface area contributed by atoms with Crippen molar-refractivity contribution in [3.05, 3.63) is 12.2 Å². The first kappa shape index (κ1) is 7.35. The number of aliphatic hydroxyl groups is 1. The van der Waals surface area contributed by atoms with Crippen LogP contribution in [0.1, 0.15) is 26.7 Å². The largest absolute Gasteiger partial charge is 0.392 e. The van der Waals surface area contributed by atoms with Crippen LogP contribution in [0, 0.1) is 17.3 Å². The Morgan fingerprint density at radius 2 is 2.18 bits per heavy atom. The minimum atomic E-state index is -0.0775. The molecule has 0 spiro atoms. The predicted octanol–water partition coefficient (Wildman–Crippen LogP) is 1.97. The van der Waals surface area contributed by atoms with Gasteiger partial charge in [0, 0.05) is 5.92 Å². The Morgan fingerprint density at radius 3 is 2.45 bits per heavy atom. The first-order valence-corrected chi connectivity index (χ1v) is 4.41. The van der Waals surface area contributed by atoms with Crippen LogP contribution in [0.5, 0.6) is 0 Å². The third-order valence-electron chi connectivity index (χ3n) is 3.73. The van der Waals surface area contributed by atoms with Crippen LogP contribution in [0.3, 0.4) is 0 Å². The molecule has 0 aromatic heterocycles. The van der Waals surface area contributed by atoms with E-state index in [1.54, 1.807) is 0 Å². The molecule has 0 amide bonds. The maximum atomic E-state index is 9.67. The van der Waals surface area contributed by atoms with E-state index in [4.69, 9.17) is 0 Å². The standard InChI is InChI=1S/C10H16O/c1-6-4-5-7-9(11)8(6)10(7,2)3/h7-9,11H,1,4-5H2,2-3H3. The van der Waals surface area contributed by atoms with Crippen molar-refractivity contribution >= 4 is 0 Å². The molecule has 3 aliphatic carbocycles. The third-order valence-corrected chi connectivity index (χ3v) is 3.73. The van der Waals surface area contributed by atoms with Gasteiger partial charge in [-0.25, -0.2) is 0 Å². The van der Waals surface area contributed by atoms with E-state index < -0.39 is 0 Å². The predicted molar refractivity (Wildman–Crippen MR) is 45.1 cm³/mol. The molecule has 0 saturated heterocycles. The second-order valence-electron chi connectivity index (χ2n) is 4.59. The summed E-state index contributed by atoms with van der Waals surface area (Å²) in [6.07, 6.45) is 2.20. The Hall–Kier alpha value is -0.300. The van der Waals surface area contributed by atoms with Crippen molar-refractivity contribution in [3.8, 4) is 0 Å².